The van der Waals surface area contributed by atoms with E-state index in [1.807, 2.05) is 0 Å². The monoisotopic (exact) mass is 152 g/mol. The number of rotatable bonds is 1. The van der Waals surface area contributed by atoms with Crippen molar-refractivity contribution < 1.29 is 9.52 Å². The van der Waals surface area contributed by atoms with Crippen LogP contribution in [0.1, 0.15) is 25.4 Å². The molecule has 0 aromatic carbocycles. The fraction of sp³-hybridized carbons (Fsp3) is 0.429. The van der Waals surface area contributed by atoms with Gasteiger partial charge in [0.15, 0.2) is 5.69 Å². The summed E-state index contributed by atoms with van der Waals surface area (Å²) in [5.74, 6) is 0.161. The van der Waals surface area contributed by atoms with Crippen molar-refractivity contribution in [2.45, 2.75) is 19.4 Å². The maximum atomic E-state index is 9.33. The summed E-state index contributed by atoms with van der Waals surface area (Å²) in [6.07, 6.45) is 1.22. The van der Waals surface area contributed by atoms with Gasteiger partial charge in [0.05, 0.1) is 0 Å². The molecule has 0 saturated heterocycles. The normalized spacial score (nSPS) is 11.1. The number of nitrogens with zero attached hydrogens (tertiary/aromatic N) is 2. The Kier molecular flexibility index (Phi) is 1.67. The van der Waals surface area contributed by atoms with E-state index >= 15 is 0 Å². The molecule has 11 heavy (non-hydrogen) atoms. The molecule has 0 atom stereocenters. The second kappa shape index (κ2) is 2.36. The molecule has 0 aliphatic rings. The van der Waals surface area contributed by atoms with Crippen LogP contribution in [-0.4, -0.2) is 10.1 Å². The minimum Gasteiger partial charge on any atom is -0.444 e. The Hall–Kier alpha value is -1.34. The van der Waals surface area contributed by atoms with E-state index in [2.05, 4.69) is 4.98 Å². The van der Waals surface area contributed by atoms with Gasteiger partial charge in [-0.2, -0.15) is 5.26 Å². The standard InChI is InChI=1S/C7H8N2O2/c1-7(2,10)6-9-5(3-8)4-11-6/h4,10H,1-2H3. The molecule has 0 bridgehead atoms. The van der Waals surface area contributed by atoms with Gasteiger partial charge in [0.2, 0.25) is 5.89 Å². The van der Waals surface area contributed by atoms with E-state index in [0.717, 1.165) is 0 Å². The summed E-state index contributed by atoms with van der Waals surface area (Å²) < 4.78 is 4.84. The summed E-state index contributed by atoms with van der Waals surface area (Å²) >= 11 is 0. The summed E-state index contributed by atoms with van der Waals surface area (Å²) in [7, 11) is 0. The van der Waals surface area contributed by atoms with Gasteiger partial charge in [0.1, 0.15) is 17.9 Å². The molecular weight excluding hydrogens is 144 g/mol. The molecule has 0 saturated carbocycles. The highest BCUT2D eigenvalue weighted by Gasteiger charge is 2.22. The Balaban J connectivity index is 3.01. The Morgan fingerprint density at radius 1 is 1.73 bits per heavy atom. The van der Waals surface area contributed by atoms with Gasteiger partial charge in [-0.25, -0.2) is 4.98 Å². The second-order valence-corrected chi connectivity index (χ2v) is 2.71. The van der Waals surface area contributed by atoms with Gasteiger partial charge in [-0.1, -0.05) is 0 Å². The zero-order valence-electron chi connectivity index (χ0n) is 6.33. The van der Waals surface area contributed by atoms with E-state index in [0.29, 0.717) is 0 Å². The van der Waals surface area contributed by atoms with Gasteiger partial charge >= 0.3 is 0 Å². The highest BCUT2D eigenvalue weighted by atomic mass is 16.4. The van der Waals surface area contributed by atoms with E-state index < -0.39 is 5.60 Å². The zero-order chi connectivity index (χ0) is 8.48. The van der Waals surface area contributed by atoms with Crippen molar-refractivity contribution in [3.05, 3.63) is 17.8 Å². The van der Waals surface area contributed by atoms with Gasteiger partial charge in [0.25, 0.3) is 0 Å². The fourth-order valence-corrected chi connectivity index (χ4v) is 0.606. The lowest BCUT2D eigenvalue weighted by molar-refractivity contribution is 0.0483. The Labute approximate surface area is 64.1 Å². The third kappa shape index (κ3) is 1.57. The molecule has 0 aliphatic heterocycles. The van der Waals surface area contributed by atoms with Crippen LogP contribution in [-0.2, 0) is 5.60 Å². The topological polar surface area (TPSA) is 70.1 Å². The molecule has 1 rings (SSSR count). The molecule has 4 nitrogen and oxygen atoms in total. The van der Waals surface area contributed by atoms with Crippen LogP contribution in [0.15, 0.2) is 10.7 Å². The Morgan fingerprint density at radius 3 is 2.64 bits per heavy atom. The molecule has 1 heterocycles. The van der Waals surface area contributed by atoms with Gasteiger partial charge in [-0.05, 0) is 13.8 Å². The number of oxazole rings is 1. The summed E-state index contributed by atoms with van der Waals surface area (Å²) in [6, 6.07) is 1.80. The first kappa shape index (κ1) is 7.76. The third-order valence-electron chi connectivity index (χ3n) is 1.14. The van der Waals surface area contributed by atoms with Crippen LogP contribution in [0.3, 0.4) is 0 Å². The number of nitriles is 1. The van der Waals surface area contributed by atoms with E-state index in [1.54, 1.807) is 19.9 Å². The molecule has 1 aromatic rings. The van der Waals surface area contributed by atoms with E-state index in [4.69, 9.17) is 9.68 Å². The van der Waals surface area contributed by atoms with Crippen LogP contribution in [0, 0.1) is 11.3 Å². The summed E-state index contributed by atoms with van der Waals surface area (Å²) in [5, 5.41) is 17.7. The lowest BCUT2D eigenvalue weighted by atomic mass is 10.1. The molecular formula is C7H8N2O2. The SMILES string of the molecule is CC(C)(O)c1nc(C#N)co1. The minimum absolute atomic E-state index is 0.161. The molecule has 1 aromatic heterocycles. The van der Waals surface area contributed by atoms with E-state index in [-0.39, 0.29) is 11.6 Å². The Morgan fingerprint density at radius 2 is 2.36 bits per heavy atom. The van der Waals surface area contributed by atoms with Crippen molar-refractivity contribution >= 4 is 0 Å². The highest BCUT2D eigenvalue weighted by molar-refractivity contribution is 5.16. The van der Waals surface area contributed by atoms with Gasteiger partial charge in [-0.15, -0.1) is 0 Å². The molecule has 0 radical (unpaired) electrons. The quantitative estimate of drug-likeness (QED) is 0.645. The second-order valence-electron chi connectivity index (χ2n) is 2.71. The molecule has 0 aliphatic carbocycles. The van der Waals surface area contributed by atoms with Gasteiger partial charge in [-0.3, -0.25) is 0 Å². The average molecular weight is 152 g/mol. The number of hydrogen-bond acceptors (Lipinski definition) is 4. The van der Waals surface area contributed by atoms with Crippen molar-refractivity contribution in [1.29, 1.82) is 5.26 Å². The molecule has 0 amide bonds. The molecule has 4 heteroatoms. The first-order valence-electron chi connectivity index (χ1n) is 3.12. The minimum atomic E-state index is -1.12. The summed E-state index contributed by atoms with van der Waals surface area (Å²) in [4.78, 5) is 3.72. The van der Waals surface area contributed by atoms with E-state index in [1.165, 1.54) is 6.26 Å². The first-order valence-corrected chi connectivity index (χ1v) is 3.12. The van der Waals surface area contributed by atoms with E-state index in [9.17, 15) is 5.11 Å². The maximum Gasteiger partial charge on any atom is 0.226 e. The number of aromatic nitrogens is 1. The van der Waals surface area contributed by atoms with Crippen LogP contribution >= 0.6 is 0 Å². The summed E-state index contributed by atoms with van der Waals surface area (Å²) in [5.41, 5.74) is -0.933. The van der Waals surface area contributed by atoms with Crippen molar-refractivity contribution in [3.8, 4) is 6.07 Å². The van der Waals surface area contributed by atoms with Crippen molar-refractivity contribution in [1.82, 2.24) is 4.98 Å². The molecule has 0 unspecified atom stereocenters. The molecule has 58 valence electrons. The number of hydrogen-bond donors (Lipinski definition) is 1. The zero-order valence-corrected chi connectivity index (χ0v) is 6.33. The van der Waals surface area contributed by atoms with Gasteiger partial charge < -0.3 is 9.52 Å². The van der Waals surface area contributed by atoms with Gasteiger partial charge in [0, 0.05) is 0 Å². The Bertz CT molecular complexity index is 290. The average Bonchev–Trinajstić information content (AvgIpc) is 2.32. The van der Waals surface area contributed by atoms with Crippen molar-refractivity contribution in [2.24, 2.45) is 0 Å². The smallest absolute Gasteiger partial charge is 0.226 e. The van der Waals surface area contributed by atoms with Crippen LogP contribution < -0.4 is 0 Å². The highest BCUT2D eigenvalue weighted by Crippen LogP contribution is 2.17. The predicted octanol–water partition coefficient (Wildman–Crippen LogP) is 0.774. The molecule has 0 fully saturated rings. The first-order chi connectivity index (χ1) is 5.04. The number of aliphatic hydroxyl groups is 1. The molecule has 1 N–H and O–H groups in total. The largest absolute Gasteiger partial charge is 0.444 e. The van der Waals surface area contributed by atoms with Crippen molar-refractivity contribution in [2.75, 3.05) is 0 Å². The lowest BCUT2D eigenvalue weighted by Gasteiger charge is -2.10. The van der Waals surface area contributed by atoms with Crippen LogP contribution in [0.2, 0.25) is 0 Å². The fourth-order valence-electron chi connectivity index (χ4n) is 0.606. The maximum absolute atomic E-state index is 9.33. The van der Waals surface area contributed by atoms with Crippen LogP contribution in [0.5, 0.6) is 0 Å². The summed E-state index contributed by atoms with van der Waals surface area (Å²) in [6.45, 7) is 3.08. The van der Waals surface area contributed by atoms with Crippen molar-refractivity contribution in [3.63, 3.8) is 0 Å². The molecule has 0 spiro atoms. The van der Waals surface area contributed by atoms with Crippen LogP contribution in [0.25, 0.3) is 0 Å². The van der Waals surface area contributed by atoms with Crippen LogP contribution in [0.4, 0.5) is 0 Å². The lowest BCUT2D eigenvalue weighted by Crippen LogP contribution is -2.15. The third-order valence-corrected chi connectivity index (χ3v) is 1.14. The predicted molar refractivity (Wildman–Crippen MR) is 36.5 cm³/mol.